The third-order valence-electron chi connectivity index (χ3n) is 5.20. The molecule has 1 saturated carbocycles. The zero-order valence-corrected chi connectivity index (χ0v) is 12.6. The molecule has 0 amide bonds. The first-order valence-corrected chi connectivity index (χ1v) is 8.07. The molecule has 0 aromatic rings. The van der Waals surface area contributed by atoms with Gasteiger partial charge in [0.25, 0.3) is 0 Å². The summed E-state index contributed by atoms with van der Waals surface area (Å²) in [5.41, 5.74) is 0. The molecule has 2 nitrogen and oxygen atoms in total. The summed E-state index contributed by atoms with van der Waals surface area (Å²) in [6, 6.07) is 0.855. The van der Waals surface area contributed by atoms with Gasteiger partial charge in [0, 0.05) is 12.6 Å². The fourth-order valence-corrected chi connectivity index (χ4v) is 3.84. The Labute approximate surface area is 114 Å². The molecular weight excluding hydrogens is 220 g/mol. The summed E-state index contributed by atoms with van der Waals surface area (Å²) in [6.07, 6.45) is 8.58. The van der Waals surface area contributed by atoms with Gasteiger partial charge in [-0.3, -0.25) is 0 Å². The number of rotatable bonds is 4. The highest BCUT2D eigenvalue weighted by molar-refractivity contribution is 4.82. The van der Waals surface area contributed by atoms with Gasteiger partial charge >= 0.3 is 0 Å². The molecule has 2 aliphatic rings. The maximum Gasteiger partial charge on any atom is 0.00950 e. The van der Waals surface area contributed by atoms with E-state index in [0.717, 1.165) is 23.8 Å². The molecular formula is C16H32N2. The second kappa shape index (κ2) is 6.91. The van der Waals surface area contributed by atoms with E-state index in [1.807, 2.05) is 0 Å². The zero-order chi connectivity index (χ0) is 13.0. The van der Waals surface area contributed by atoms with E-state index in [2.05, 4.69) is 31.1 Å². The van der Waals surface area contributed by atoms with Crippen LogP contribution in [0.1, 0.15) is 52.4 Å². The lowest BCUT2D eigenvalue weighted by Crippen LogP contribution is -2.43. The molecule has 0 aromatic heterocycles. The van der Waals surface area contributed by atoms with E-state index in [0.29, 0.717) is 0 Å². The van der Waals surface area contributed by atoms with Gasteiger partial charge in [-0.25, -0.2) is 0 Å². The average molecular weight is 252 g/mol. The van der Waals surface area contributed by atoms with Gasteiger partial charge in [-0.05, 0) is 63.6 Å². The van der Waals surface area contributed by atoms with Crippen LogP contribution in [0.5, 0.6) is 0 Å². The van der Waals surface area contributed by atoms with Crippen molar-refractivity contribution in [2.75, 3.05) is 26.7 Å². The largest absolute Gasteiger partial charge is 0.316 e. The number of hydrogen-bond acceptors (Lipinski definition) is 2. The molecule has 0 aromatic carbocycles. The van der Waals surface area contributed by atoms with Crippen molar-refractivity contribution in [3.63, 3.8) is 0 Å². The smallest absolute Gasteiger partial charge is 0.00950 e. The van der Waals surface area contributed by atoms with Gasteiger partial charge < -0.3 is 10.2 Å². The Balaban J connectivity index is 1.78. The van der Waals surface area contributed by atoms with E-state index >= 15 is 0 Å². The van der Waals surface area contributed by atoms with E-state index < -0.39 is 0 Å². The summed E-state index contributed by atoms with van der Waals surface area (Å²) in [7, 11) is 2.36. The highest BCUT2D eigenvalue weighted by Gasteiger charge is 2.27. The summed E-state index contributed by atoms with van der Waals surface area (Å²) < 4.78 is 0. The first-order chi connectivity index (χ1) is 8.66. The van der Waals surface area contributed by atoms with Crippen LogP contribution in [0.3, 0.4) is 0 Å². The van der Waals surface area contributed by atoms with E-state index in [-0.39, 0.29) is 0 Å². The van der Waals surface area contributed by atoms with Crippen molar-refractivity contribution >= 4 is 0 Å². The summed E-state index contributed by atoms with van der Waals surface area (Å²) in [5, 5.41) is 3.54. The average Bonchev–Trinajstić information content (AvgIpc) is 2.40. The molecule has 0 spiro atoms. The lowest BCUT2D eigenvalue weighted by atomic mass is 9.78. The second-order valence-corrected chi connectivity index (χ2v) is 6.98. The standard InChI is InChI=1S/C16H32N2/c1-13(2)15-7-4-8-16(10-15)18(3)12-14-6-5-9-17-11-14/h13-17H,4-12H2,1-3H3. The molecule has 0 radical (unpaired) electrons. The predicted molar refractivity (Wildman–Crippen MR) is 78.8 cm³/mol. The Morgan fingerprint density at radius 2 is 2.00 bits per heavy atom. The van der Waals surface area contributed by atoms with Crippen LogP contribution in [0.15, 0.2) is 0 Å². The van der Waals surface area contributed by atoms with E-state index in [1.54, 1.807) is 0 Å². The van der Waals surface area contributed by atoms with Crippen LogP contribution >= 0.6 is 0 Å². The van der Waals surface area contributed by atoms with Crippen molar-refractivity contribution in [3.8, 4) is 0 Å². The third-order valence-corrected chi connectivity index (χ3v) is 5.20. The van der Waals surface area contributed by atoms with Crippen LogP contribution in [-0.2, 0) is 0 Å². The fourth-order valence-electron chi connectivity index (χ4n) is 3.84. The van der Waals surface area contributed by atoms with Crippen molar-refractivity contribution < 1.29 is 0 Å². The van der Waals surface area contributed by atoms with Gasteiger partial charge in [0.2, 0.25) is 0 Å². The van der Waals surface area contributed by atoms with E-state index in [1.165, 1.54) is 58.2 Å². The SMILES string of the molecule is CC(C)C1CCCC(N(C)CC2CCCNC2)C1. The van der Waals surface area contributed by atoms with Crippen molar-refractivity contribution in [1.82, 2.24) is 10.2 Å². The number of hydrogen-bond donors (Lipinski definition) is 1. The first kappa shape index (κ1) is 14.3. The van der Waals surface area contributed by atoms with Gasteiger partial charge in [0.15, 0.2) is 0 Å². The lowest BCUT2D eigenvalue weighted by Gasteiger charge is -2.39. The molecule has 1 aliphatic carbocycles. The normalized spacial score (nSPS) is 34.2. The molecule has 1 saturated heterocycles. The summed E-state index contributed by atoms with van der Waals surface area (Å²) in [4.78, 5) is 2.67. The molecule has 18 heavy (non-hydrogen) atoms. The monoisotopic (exact) mass is 252 g/mol. The quantitative estimate of drug-likeness (QED) is 0.827. The number of nitrogens with one attached hydrogen (secondary N) is 1. The van der Waals surface area contributed by atoms with Gasteiger partial charge in [-0.2, -0.15) is 0 Å². The molecule has 0 bridgehead atoms. The van der Waals surface area contributed by atoms with Crippen LogP contribution in [0.25, 0.3) is 0 Å². The number of piperidine rings is 1. The van der Waals surface area contributed by atoms with Crippen molar-refractivity contribution in [3.05, 3.63) is 0 Å². The van der Waals surface area contributed by atoms with Gasteiger partial charge in [-0.1, -0.05) is 26.7 Å². The molecule has 1 N–H and O–H groups in total. The molecule has 106 valence electrons. The minimum absolute atomic E-state index is 0.855. The molecule has 1 heterocycles. The Kier molecular flexibility index (Phi) is 5.50. The minimum atomic E-state index is 0.855. The second-order valence-electron chi connectivity index (χ2n) is 6.98. The summed E-state index contributed by atoms with van der Waals surface area (Å²) in [6.45, 7) is 8.59. The van der Waals surface area contributed by atoms with Crippen molar-refractivity contribution in [2.45, 2.75) is 58.4 Å². The molecule has 2 heteroatoms. The zero-order valence-electron chi connectivity index (χ0n) is 12.6. The maximum absolute atomic E-state index is 3.54. The Hall–Kier alpha value is -0.0800. The molecule has 2 rings (SSSR count). The summed E-state index contributed by atoms with van der Waals surface area (Å²) in [5.74, 6) is 2.73. The van der Waals surface area contributed by atoms with Crippen molar-refractivity contribution in [1.29, 1.82) is 0 Å². The van der Waals surface area contributed by atoms with Gasteiger partial charge in [0.05, 0.1) is 0 Å². The third kappa shape index (κ3) is 3.96. The Morgan fingerprint density at radius 1 is 1.17 bits per heavy atom. The Morgan fingerprint density at radius 3 is 2.67 bits per heavy atom. The van der Waals surface area contributed by atoms with E-state index in [9.17, 15) is 0 Å². The first-order valence-electron chi connectivity index (χ1n) is 8.07. The molecule has 3 unspecified atom stereocenters. The maximum atomic E-state index is 3.54. The topological polar surface area (TPSA) is 15.3 Å². The van der Waals surface area contributed by atoms with Gasteiger partial charge in [-0.15, -0.1) is 0 Å². The summed E-state index contributed by atoms with van der Waals surface area (Å²) >= 11 is 0. The van der Waals surface area contributed by atoms with E-state index in [4.69, 9.17) is 0 Å². The lowest BCUT2D eigenvalue weighted by molar-refractivity contribution is 0.116. The predicted octanol–water partition coefficient (Wildman–Crippen LogP) is 3.13. The minimum Gasteiger partial charge on any atom is -0.316 e. The van der Waals surface area contributed by atoms with Gasteiger partial charge in [0.1, 0.15) is 0 Å². The van der Waals surface area contributed by atoms with Crippen LogP contribution in [0.4, 0.5) is 0 Å². The molecule has 3 atom stereocenters. The van der Waals surface area contributed by atoms with Crippen LogP contribution < -0.4 is 5.32 Å². The van der Waals surface area contributed by atoms with Crippen LogP contribution in [-0.4, -0.2) is 37.6 Å². The van der Waals surface area contributed by atoms with Crippen molar-refractivity contribution in [2.24, 2.45) is 17.8 Å². The fraction of sp³-hybridized carbons (Fsp3) is 1.00. The molecule has 2 fully saturated rings. The Bertz CT molecular complexity index is 233. The number of nitrogens with zero attached hydrogens (tertiary/aromatic N) is 1. The van der Waals surface area contributed by atoms with Crippen LogP contribution in [0, 0.1) is 17.8 Å². The highest BCUT2D eigenvalue weighted by Crippen LogP contribution is 2.32. The molecule has 1 aliphatic heterocycles. The van der Waals surface area contributed by atoms with Crippen LogP contribution in [0.2, 0.25) is 0 Å². The highest BCUT2D eigenvalue weighted by atomic mass is 15.1.